The molecular weight excluding hydrogens is 250 g/mol. The fraction of sp³-hybridized carbons (Fsp3) is 0.529. The van der Waals surface area contributed by atoms with Gasteiger partial charge in [-0.25, -0.2) is 0 Å². The topological polar surface area (TPSA) is 37.4 Å². The third-order valence-electron chi connectivity index (χ3n) is 4.07. The van der Waals surface area contributed by atoms with Crippen LogP contribution in [0.3, 0.4) is 0 Å². The zero-order valence-corrected chi connectivity index (χ0v) is 12.2. The maximum Gasteiger partial charge on any atom is 0.232 e. The predicted molar refractivity (Wildman–Crippen MR) is 79.1 cm³/mol. The second kappa shape index (κ2) is 7.22. The first-order valence-electron chi connectivity index (χ1n) is 7.54. The minimum absolute atomic E-state index is 0.0353. The molecule has 1 aliphatic rings. The van der Waals surface area contributed by atoms with Gasteiger partial charge in [0.2, 0.25) is 11.8 Å². The molecule has 0 aliphatic heterocycles. The Kier molecular flexibility index (Phi) is 5.33. The summed E-state index contributed by atoms with van der Waals surface area (Å²) in [6, 6.07) is 10.00. The van der Waals surface area contributed by atoms with Crippen molar-refractivity contribution in [2.24, 2.45) is 5.92 Å². The van der Waals surface area contributed by atoms with Crippen LogP contribution >= 0.6 is 0 Å². The highest BCUT2D eigenvalue weighted by Crippen LogP contribution is 2.25. The van der Waals surface area contributed by atoms with E-state index in [2.05, 4.69) is 0 Å². The quantitative estimate of drug-likeness (QED) is 0.845. The maximum absolute atomic E-state index is 12.5. The molecule has 1 saturated carbocycles. The number of imide groups is 1. The third kappa shape index (κ3) is 3.92. The summed E-state index contributed by atoms with van der Waals surface area (Å²) in [4.78, 5) is 25.7. The molecule has 1 fully saturated rings. The van der Waals surface area contributed by atoms with Crippen LogP contribution in [0.4, 0.5) is 0 Å². The van der Waals surface area contributed by atoms with Crippen LogP contribution in [0.1, 0.15) is 44.6 Å². The molecule has 2 rings (SSSR count). The van der Waals surface area contributed by atoms with E-state index in [9.17, 15) is 9.59 Å². The number of rotatable bonds is 4. The molecule has 0 radical (unpaired) electrons. The van der Waals surface area contributed by atoms with Crippen molar-refractivity contribution in [3.05, 3.63) is 35.9 Å². The number of benzene rings is 1. The molecule has 1 aromatic rings. The Hall–Kier alpha value is -1.64. The van der Waals surface area contributed by atoms with E-state index in [4.69, 9.17) is 0 Å². The van der Waals surface area contributed by atoms with E-state index >= 15 is 0 Å². The number of carbonyl (C=O) groups excluding carboxylic acids is 2. The largest absolute Gasteiger partial charge is 0.282 e. The van der Waals surface area contributed by atoms with Gasteiger partial charge in [0, 0.05) is 19.4 Å². The van der Waals surface area contributed by atoms with Gasteiger partial charge in [0.25, 0.3) is 0 Å². The summed E-state index contributed by atoms with van der Waals surface area (Å²) in [5.41, 5.74) is 1.16. The lowest BCUT2D eigenvalue weighted by Crippen LogP contribution is -2.41. The van der Waals surface area contributed by atoms with Crippen LogP contribution < -0.4 is 0 Å². The average molecular weight is 273 g/mol. The van der Waals surface area contributed by atoms with Gasteiger partial charge in [-0.05, 0) is 24.8 Å². The summed E-state index contributed by atoms with van der Waals surface area (Å²) in [7, 11) is 0. The fourth-order valence-corrected chi connectivity index (χ4v) is 2.88. The molecule has 3 nitrogen and oxygen atoms in total. The Labute approximate surface area is 121 Å². The first-order chi connectivity index (χ1) is 9.68. The van der Waals surface area contributed by atoms with Crippen LogP contribution in [-0.4, -0.2) is 23.3 Å². The molecule has 3 heteroatoms. The second-order valence-electron chi connectivity index (χ2n) is 5.58. The van der Waals surface area contributed by atoms with Crippen molar-refractivity contribution in [2.45, 2.75) is 45.4 Å². The molecule has 20 heavy (non-hydrogen) atoms. The molecule has 108 valence electrons. The van der Waals surface area contributed by atoms with Gasteiger partial charge in [-0.3, -0.25) is 14.5 Å². The van der Waals surface area contributed by atoms with E-state index in [1.54, 1.807) is 0 Å². The summed E-state index contributed by atoms with van der Waals surface area (Å²) >= 11 is 0. The lowest BCUT2D eigenvalue weighted by Gasteiger charge is -2.27. The van der Waals surface area contributed by atoms with Crippen LogP contribution in [0.25, 0.3) is 0 Å². The van der Waals surface area contributed by atoms with Gasteiger partial charge < -0.3 is 0 Å². The monoisotopic (exact) mass is 273 g/mol. The van der Waals surface area contributed by atoms with Crippen molar-refractivity contribution < 1.29 is 9.59 Å². The molecule has 0 bridgehead atoms. The molecule has 0 saturated heterocycles. The lowest BCUT2D eigenvalue weighted by molar-refractivity contribution is -0.146. The number of amides is 2. The smallest absolute Gasteiger partial charge is 0.232 e. The van der Waals surface area contributed by atoms with Gasteiger partial charge in [-0.2, -0.15) is 0 Å². The zero-order chi connectivity index (χ0) is 14.4. The minimum atomic E-state index is -0.128. The van der Waals surface area contributed by atoms with Crippen molar-refractivity contribution in [1.29, 1.82) is 0 Å². The highest BCUT2D eigenvalue weighted by atomic mass is 16.2. The number of carbonyl (C=O) groups is 2. The van der Waals surface area contributed by atoms with E-state index in [-0.39, 0.29) is 17.7 Å². The van der Waals surface area contributed by atoms with Crippen LogP contribution in [0.2, 0.25) is 0 Å². The molecule has 0 spiro atoms. The molecular formula is C17H23NO2. The second-order valence-corrected chi connectivity index (χ2v) is 5.58. The van der Waals surface area contributed by atoms with Gasteiger partial charge in [0.15, 0.2) is 0 Å². The highest BCUT2D eigenvalue weighted by molar-refractivity contribution is 5.95. The van der Waals surface area contributed by atoms with E-state index < -0.39 is 0 Å². The molecule has 0 atom stereocenters. The Morgan fingerprint density at radius 3 is 2.35 bits per heavy atom. The van der Waals surface area contributed by atoms with E-state index in [0.29, 0.717) is 6.54 Å². The lowest BCUT2D eigenvalue weighted by atomic mass is 9.88. The van der Waals surface area contributed by atoms with Crippen molar-refractivity contribution >= 4 is 11.8 Å². The van der Waals surface area contributed by atoms with E-state index in [1.165, 1.54) is 18.2 Å². The maximum atomic E-state index is 12.5. The molecule has 1 aliphatic carbocycles. The number of nitrogens with zero attached hydrogens (tertiary/aromatic N) is 1. The Morgan fingerprint density at radius 2 is 1.75 bits per heavy atom. The van der Waals surface area contributed by atoms with Crippen molar-refractivity contribution in [3.8, 4) is 0 Å². The standard InChI is InChI=1S/C17H23NO2/c1-14(19)18(13-12-15-8-4-2-5-9-15)17(20)16-10-6-3-7-11-16/h2,4-5,8-9,16H,3,6-7,10-13H2,1H3. The fourth-order valence-electron chi connectivity index (χ4n) is 2.88. The Balaban J connectivity index is 1.96. The van der Waals surface area contributed by atoms with Crippen molar-refractivity contribution in [3.63, 3.8) is 0 Å². The SMILES string of the molecule is CC(=O)N(CCc1ccccc1)C(=O)C1CCCCC1. The molecule has 0 heterocycles. The Bertz CT molecular complexity index is 449. The van der Waals surface area contributed by atoms with Crippen molar-refractivity contribution in [1.82, 2.24) is 4.90 Å². The summed E-state index contributed by atoms with van der Waals surface area (Å²) in [6.45, 7) is 1.99. The molecule has 1 aromatic carbocycles. The third-order valence-corrected chi connectivity index (χ3v) is 4.07. The number of hydrogen-bond donors (Lipinski definition) is 0. The van der Waals surface area contributed by atoms with Crippen LogP contribution in [-0.2, 0) is 16.0 Å². The molecule has 2 amide bonds. The van der Waals surface area contributed by atoms with Gasteiger partial charge in [-0.15, -0.1) is 0 Å². The first-order valence-corrected chi connectivity index (χ1v) is 7.54. The summed E-state index contributed by atoms with van der Waals surface area (Å²) in [5.74, 6) is -0.0342. The van der Waals surface area contributed by atoms with Crippen molar-refractivity contribution in [2.75, 3.05) is 6.54 Å². The summed E-state index contributed by atoms with van der Waals surface area (Å²) in [6.07, 6.45) is 6.05. The predicted octanol–water partition coefficient (Wildman–Crippen LogP) is 3.18. The van der Waals surface area contributed by atoms with Crippen LogP contribution in [0.15, 0.2) is 30.3 Å². The van der Waals surface area contributed by atoms with Gasteiger partial charge in [0.1, 0.15) is 0 Å². The zero-order valence-electron chi connectivity index (χ0n) is 12.2. The summed E-state index contributed by atoms with van der Waals surface area (Å²) in [5, 5.41) is 0. The molecule has 0 unspecified atom stereocenters. The van der Waals surface area contributed by atoms with Crippen LogP contribution in [0.5, 0.6) is 0 Å². The van der Waals surface area contributed by atoms with E-state index in [1.807, 2.05) is 30.3 Å². The number of hydrogen-bond acceptors (Lipinski definition) is 2. The average Bonchev–Trinajstić information content (AvgIpc) is 2.49. The normalized spacial score (nSPS) is 15.8. The Morgan fingerprint density at radius 1 is 1.10 bits per heavy atom. The van der Waals surface area contributed by atoms with Gasteiger partial charge in [0.05, 0.1) is 0 Å². The van der Waals surface area contributed by atoms with Gasteiger partial charge >= 0.3 is 0 Å². The van der Waals surface area contributed by atoms with Crippen LogP contribution in [0, 0.1) is 5.92 Å². The molecule has 0 N–H and O–H groups in total. The highest BCUT2D eigenvalue weighted by Gasteiger charge is 2.27. The van der Waals surface area contributed by atoms with E-state index in [0.717, 1.165) is 37.7 Å². The first kappa shape index (κ1) is 14.8. The molecule has 0 aromatic heterocycles. The summed E-state index contributed by atoms with van der Waals surface area (Å²) < 4.78 is 0. The van der Waals surface area contributed by atoms with Gasteiger partial charge in [-0.1, -0.05) is 49.6 Å². The minimum Gasteiger partial charge on any atom is -0.282 e.